The van der Waals surface area contributed by atoms with Crippen LogP contribution in [0, 0.1) is 6.92 Å². The van der Waals surface area contributed by atoms with Crippen LogP contribution in [-0.4, -0.2) is 87.8 Å². The molecule has 43 heavy (non-hydrogen) atoms. The van der Waals surface area contributed by atoms with E-state index in [1.165, 1.54) is 15.9 Å². The predicted molar refractivity (Wildman–Crippen MR) is 161 cm³/mol. The van der Waals surface area contributed by atoms with Gasteiger partial charge in [0.15, 0.2) is 22.8 Å². The molecule has 0 radical (unpaired) electrons. The van der Waals surface area contributed by atoms with Crippen LogP contribution in [0.25, 0.3) is 11.2 Å². The van der Waals surface area contributed by atoms with Gasteiger partial charge in [0.1, 0.15) is 18.2 Å². The van der Waals surface area contributed by atoms with E-state index in [9.17, 15) is 10.2 Å². The number of anilines is 2. The molecule has 0 amide bonds. The quantitative estimate of drug-likeness (QED) is 0.211. The van der Waals surface area contributed by atoms with Crippen LogP contribution in [0.3, 0.4) is 0 Å². The maximum atomic E-state index is 11.2. The molecule has 5 N–H and O–H groups in total. The number of nitrogens with one attached hydrogen (secondary N) is 1. The van der Waals surface area contributed by atoms with E-state index in [4.69, 9.17) is 20.7 Å². The molecule has 0 unspecified atom stereocenters. The Kier molecular flexibility index (Phi) is 7.21. The summed E-state index contributed by atoms with van der Waals surface area (Å²) in [7, 11) is 0. The highest BCUT2D eigenvalue weighted by Gasteiger charge is 2.45. The van der Waals surface area contributed by atoms with Crippen LogP contribution in [-0.2, 0) is 0 Å². The lowest BCUT2D eigenvalue weighted by atomic mass is 9.91. The number of fused-ring (bicyclic) bond motifs is 1. The summed E-state index contributed by atoms with van der Waals surface area (Å²) in [5.74, 6) is 1.73. The minimum atomic E-state index is -1.08. The maximum absolute atomic E-state index is 11.2. The van der Waals surface area contributed by atoms with Gasteiger partial charge in [-0.2, -0.15) is 14.8 Å². The first kappa shape index (κ1) is 27.4. The van der Waals surface area contributed by atoms with Crippen molar-refractivity contribution in [2.24, 2.45) is 5.73 Å². The van der Waals surface area contributed by atoms with E-state index < -0.39 is 24.3 Å². The van der Waals surface area contributed by atoms with Gasteiger partial charge in [0, 0.05) is 31.6 Å². The monoisotopic (exact) mass is 581 g/mol. The minimum absolute atomic E-state index is 0.0485. The second-order valence-electron chi connectivity index (χ2n) is 11.5. The van der Waals surface area contributed by atoms with Gasteiger partial charge in [-0.3, -0.25) is 0 Å². The van der Waals surface area contributed by atoms with E-state index in [1.807, 2.05) is 16.7 Å². The Balaban J connectivity index is 1.25. The molecule has 5 atom stereocenters. The van der Waals surface area contributed by atoms with E-state index in [0.717, 1.165) is 13.0 Å². The highest BCUT2D eigenvalue weighted by atomic mass is 16.3. The van der Waals surface area contributed by atoms with Crippen molar-refractivity contribution in [1.82, 2.24) is 39.7 Å². The number of aromatic nitrogens is 8. The first-order valence-corrected chi connectivity index (χ1v) is 14.7. The molecule has 13 heteroatoms. The molecule has 2 aliphatic rings. The molecule has 7 rings (SSSR count). The van der Waals surface area contributed by atoms with Gasteiger partial charge in [-0.25, -0.2) is 4.98 Å². The number of nitrogens with two attached hydrogens (primary N) is 1. The molecule has 2 aromatic carbocycles. The van der Waals surface area contributed by atoms with Crippen molar-refractivity contribution in [2.45, 2.75) is 56.0 Å². The molecule has 222 valence electrons. The number of nitrogens with zero attached hydrogens (tertiary/aromatic N) is 9. The summed E-state index contributed by atoms with van der Waals surface area (Å²) in [6, 6.07) is 19.8. The Bertz CT molecular complexity index is 1650. The highest BCUT2D eigenvalue weighted by Crippen LogP contribution is 2.40. The summed E-state index contributed by atoms with van der Waals surface area (Å²) in [5, 5.41) is 38.0. The van der Waals surface area contributed by atoms with Gasteiger partial charge >= 0.3 is 0 Å². The van der Waals surface area contributed by atoms with Crippen LogP contribution in [0.5, 0.6) is 0 Å². The van der Waals surface area contributed by atoms with Crippen molar-refractivity contribution in [3.05, 3.63) is 83.9 Å². The van der Waals surface area contributed by atoms with Crippen molar-refractivity contribution in [2.75, 3.05) is 29.9 Å². The van der Waals surface area contributed by atoms with Crippen LogP contribution in [0.2, 0.25) is 0 Å². The third-order valence-electron chi connectivity index (χ3n) is 8.60. The first-order chi connectivity index (χ1) is 21.0. The summed E-state index contributed by atoms with van der Waals surface area (Å²) < 4.78 is 1.84. The van der Waals surface area contributed by atoms with Gasteiger partial charge in [-0.1, -0.05) is 60.7 Å². The normalized spacial score (nSPS) is 23.9. The lowest BCUT2D eigenvalue weighted by Gasteiger charge is -2.22. The summed E-state index contributed by atoms with van der Waals surface area (Å²) in [6.07, 6.45) is 0.740. The molecule has 2 fully saturated rings. The SMILES string of the molecule is Cc1nnn([C@H]2C[C@@H](n3cnc4c(NCC(c5ccccc5)c5ccccc5)nc(N5CC[C@H](N)C5)nc43)[C@H](O)[C@@H]2O)n1. The Morgan fingerprint density at radius 1 is 0.977 bits per heavy atom. The lowest BCUT2D eigenvalue weighted by Crippen LogP contribution is -2.31. The molecular weight excluding hydrogens is 546 g/mol. The Labute approximate surface area is 248 Å². The van der Waals surface area contributed by atoms with Crippen molar-refractivity contribution in [3.8, 4) is 0 Å². The molecule has 1 saturated heterocycles. The topological polar surface area (TPSA) is 169 Å². The second-order valence-corrected chi connectivity index (χ2v) is 11.5. The van der Waals surface area contributed by atoms with Crippen molar-refractivity contribution >= 4 is 22.9 Å². The fourth-order valence-corrected chi connectivity index (χ4v) is 6.31. The molecular formula is C30H35N11O2. The average Bonchev–Trinajstić information content (AvgIpc) is 3.82. The first-order valence-electron chi connectivity index (χ1n) is 14.7. The number of hydrogen-bond acceptors (Lipinski definition) is 11. The highest BCUT2D eigenvalue weighted by molar-refractivity contribution is 5.84. The number of rotatable bonds is 8. The number of benzene rings is 2. The van der Waals surface area contributed by atoms with Crippen LogP contribution in [0.4, 0.5) is 11.8 Å². The molecule has 3 aromatic heterocycles. The number of tetrazole rings is 1. The number of aliphatic hydroxyl groups is 2. The molecule has 0 spiro atoms. The zero-order valence-electron chi connectivity index (χ0n) is 23.8. The Hall–Kier alpha value is -4.46. The third-order valence-corrected chi connectivity index (χ3v) is 8.60. The number of aryl methyl sites for hydroxylation is 1. The summed E-state index contributed by atoms with van der Waals surface area (Å²) >= 11 is 0. The number of imidazole rings is 1. The largest absolute Gasteiger partial charge is 0.388 e. The van der Waals surface area contributed by atoms with E-state index in [1.54, 1.807) is 13.3 Å². The van der Waals surface area contributed by atoms with Gasteiger partial charge in [0.05, 0.1) is 12.4 Å². The summed E-state index contributed by atoms with van der Waals surface area (Å²) in [4.78, 5) is 18.1. The van der Waals surface area contributed by atoms with Crippen LogP contribution in [0.15, 0.2) is 67.0 Å². The fraction of sp³-hybridized carbons (Fsp3) is 0.400. The predicted octanol–water partition coefficient (Wildman–Crippen LogP) is 1.81. The molecule has 4 heterocycles. The van der Waals surface area contributed by atoms with Gasteiger partial charge in [-0.05, 0) is 36.1 Å². The third kappa shape index (κ3) is 5.19. The van der Waals surface area contributed by atoms with E-state index in [-0.39, 0.29) is 12.0 Å². The van der Waals surface area contributed by atoms with Gasteiger partial charge in [0.25, 0.3) is 0 Å². The molecule has 1 saturated carbocycles. The van der Waals surface area contributed by atoms with Gasteiger partial charge in [-0.15, -0.1) is 10.2 Å². The number of hydrogen-bond donors (Lipinski definition) is 4. The van der Waals surface area contributed by atoms with E-state index >= 15 is 0 Å². The Morgan fingerprint density at radius 2 is 1.67 bits per heavy atom. The molecule has 1 aliphatic heterocycles. The fourth-order valence-electron chi connectivity index (χ4n) is 6.31. The maximum Gasteiger partial charge on any atom is 0.229 e. The zero-order chi connectivity index (χ0) is 29.5. The number of aliphatic hydroxyl groups excluding tert-OH is 2. The van der Waals surface area contributed by atoms with Crippen molar-refractivity contribution < 1.29 is 10.2 Å². The molecule has 13 nitrogen and oxygen atoms in total. The van der Waals surface area contributed by atoms with Crippen LogP contribution in [0.1, 0.15) is 47.8 Å². The summed E-state index contributed by atoms with van der Waals surface area (Å²) in [6.45, 7) is 3.72. The molecule has 1 aliphatic carbocycles. The lowest BCUT2D eigenvalue weighted by molar-refractivity contribution is 0.00474. The smallest absolute Gasteiger partial charge is 0.229 e. The summed E-state index contributed by atoms with van der Waals surface area (Å²) in [5.41, 5.74) is 9.79. The van der Waals surface area contributed by atoms with Gasteiger partial charge in [0.2, 0.25) is 5.95 Å². The van der Waals surface area contributed by atoms with E-state index in [2.05, 4.69) is 74.2 Å². The van der Waals surface area contributed by atoms with Gasteiger partial charge < -0.3 is 30.7 Å². The zero-order valence-corrected chi connectivity index (χ0v) is 23.8. The molecule has 0 bridgehead atoms. The second kappa shape index (κ2) is 11.3. The minimum Gasteiger partial charge on any atom is -0.388 e. The van der Waals surface area contributed by atoms with Crippen molar-refractivity contribution in [1.29, 1.82) is 0 Å². The average molecular weight is 582 g/mol. The van der Waals surface area contributed by atoms with Crippen molar-refractivity contribution in [3.63, 3.8) is 0 Å². The standard InChI is InChI=1S/C30H35N11O2/c1-18-36-38-41(37-18)24-14-23(26(42)27(24)43)40-17-33-25-28(34-30(35-29(25)40)39-13-12-21(31)16-39)32-15-22(19-8-4-2-5-9-19)20-10-6-3-7-11-20/h2-11,17,21-24,26-27,42-43H,12-16,31H2,1H3,(H,32,34,35)/t21-,23+,24-,26-,27+/m0/s1. The Morgan fingerprint density at radius 3 is 2.30 bits per heavy atom. The van der Waals surface area contributed by atoms with Crippen LogP contribution >= 0.6 is 0 Å². The van der Waals surface area contributed by atoms with E-state index in [0.29, 0.717) is 48.3 Å². The van der Waals surface area contributed by atoms with Crippen LogP contribution < -0.4 is 16.0 Å². The molecule has 5 aromatic rings.